The minimum absolute atomic E-state index is 0.240. The fourth-order valence-electron chi connectivity index (χ4n) is 1.39. The molecule has 1 N–H and O–H groups in total. The second kappa shape index (κ2) is 12.3. The Kier molecular flexibility index (Phi) is 11.2. The molecule has 0 rings (SSSR count). The van der Waals surface area contributed by atoms with E-state index in [1.54, 1.807) is 41.5 Å². The van der Waals surface area contributed by atoms with E-state index in [1.807, 2.05) is 0 Å². The predicted octanol–water partition coefficient (Wildman–Crippen LogP) is 2.22. The first-order valence-electron chi connectivity index (χ1n) is 8.83. The van der Waals surface area contributed by atoms with Crippen molar-refractivity contribution in [3.63, 3.8) is 0 Å². The third-order valence-corrected chi connectivity index (χ3v) is 3.97. The van der Waals surface area contributed by atoms with Gasteiger partial charge >= 0.3 is 29.3 Å². The number of amides is 1. The standard InChI is InChI=1S/C18H29NO10S/c1-17(2,3)13(21)26-9-28-15(23)19-11(12(20)25-7)8-30-16(24)29-10-27-14(22)18(4,5)6/h11H,8-10H2,1-7H3,(H,19,23)/t11-/m0/s1. The molecule has 0 aliphatic carbocycles. The molecule has 12 heteroatoms. The molecule has 0 aliphatic heterocycles. The molecule has 0 radical (unpaired) electrons. The Morgan fingerprint density at radius 1 is 0.800 bits per heavy atom. The van der Waals surface area contributed by atoms with Crippen molar-refractivity contribution in [2.24, 2.45) is 10.8 Å². The quantitative estimate of drug-likeness (QED) is 0.329. The lowest BCUT2D eigenvalue weighted by molar-refractivity contribution is -0.162. The third-order valence-electron chi connectivity index (χ3n) is 3.12. The van der Waals surface area contributed by atoms with Crippen molar-refractivity contribution in [2.75, 3.05) is 26.4 Å². The summed E-state index contributed by atoms with van der Waals surface area (Å²) in [6.45, 7) is 8.57. The fourth-order valence-corrected chi connectivity index (χ4v) is 2.04. The van der Waals surface area contributed by atoms with Crippen molar-refractivity contribution < 1.29 is 47.7 Å². The van der Waals surface area contributed by atoms with E-state index >= 15 is 0 Å². The number of hydrogen-bond acceptors (Lipinski definition) is 11. The molecule has 0 saturated carbocycles. The molecule has 0 aromatic carbocycles. The molecular weight excluding hydrogens is 422 g/mol. The summed E-state index contributed by atoms with van der Waals surface area (Å²) >= 11 is 0.553. The van der Waals surface area contributed by atoms with E-state index in [0.717, 1.165) is 7.11 Å². The van der Waals surface area contributed by atoms with E-state index in [0.29, 0.717) is 11.8 Å². The van der Waals surface area contributed by atoms with E-state index in [1.165, 1.54) is 0 Å². The van der Waals surface area contributed by atoms with Crippen molar-refractivity contribution in [3.05, 3.63) is 0 Å². The monoisotopic (exact) mass is 451 g/mol. The van der Waals surface area contributed by atoms with Gasteiger partial charge in [-0.15, -0.1) is 0 Å². The number of hydrogen-bond donors (Lipinski definition) is 1. The third kappa shape index (κ3) is 11.5. The highest BCUT2D eigenvalue weighted by molar-refractivity contribution is 8.13. The first-order valence-corrected chi connectivity index (χ1v) is 9.82. The van der Waals surface area contributed by atoms with E-state index in [2.05, 4.69) is 14.8 Å². The zero-order chi connectivity index (χ0) is 23.5. The molecule has 0 bridgehead atoms. The number of thioether (sulfide) groups is 1. The maximum Gasteiger partial charge on any atom is 0.410 e. The van der Waals surface area contributed by atoms with Crippen molar-refractivity contribution in [1.29, 1.82) is 0 Å². The Morgan fingerprint density at radius 2 is 1.27 bits per heavy atom. The van der Waals surface area contributed by atoms with Crippen LogP contribution in [0.15, 0.2) is 0 Å². The topological polar surface area (TPSA) is 144 Å². The minimum Gasteiger partial charge on any atom is -0.467 e. The number of methoxy groups -OCH3 is 1. The van der Waals surface area contributed by atoms with E-state index in [9.17, 15) is 24.0 Å². The molecule has 1 atom stereocenters. The first kappa shape index (κ1) is 27.5. The number of carbonyl (C=O) groups is 5. The van der Waals surface area contributed by atoms with Crippen molar-refractivity contribution >= 4 is 41.1 Å². The predicted molar refractivity (Wildman–Crippen MR) is 105 cm³/mol. The van der Waals surface area contributed by atoms with Crippen LogP contribution >= 0.6 is 11.8 Å². The first-order chi connectivity index (χ1) is 13.7. The Bertz CT molecular complexity index is 636. The maximum absolute atomic E-state index is 11.8. The van der Waals surface area contributed by atoms with Crippen molar-refractivity contribution in [3.8, 4) is 0 Å². The van der Waals surface area contributed by atoms with Crippen LogP contribution in [0.1, 0.15) is 41.5 Å². The maximum atomic E-state index is 11.8. The van der Waals surface area contributed by atoms with E-state index < -0.39 is 59.8 Å². The van der Waals surface area contributed by atoms with E-state index in [-0.39, 0.29) is 5.75 Å². The highest BCUT2D eigenvalue weighted by Gasteiger charge is 2.27. The van der Waals surface area contributed by atoms with Gasteiger partial charge in [0.25, 0.3) is 0 Å². The lowest BCUT2D eigenvalue weighted by Gasteiger charge is -2.18. The molecule has 11 nitrogen and oxygen atoms in total. The van der Waals surface area contributed by atoms with Crippen LogP contribution in [0.4, 0.5) is 9.59 Å². The molecule has 0 saturated heterocycles. The van der Waals surface area contributed by atoms with Crippen molar-refractivity contribution in [2.45, 2.75) is 47.6 Å². The molecular formula is C18H29NO10S. The van der Waals surface area contributed by atoms with Gasteiger partial charge < -0.3 is 29.0 Å². The Labute approximate surface area is 179 Å². The zero-order valence-electron chi connectivity index (χ0n) is 18.2. The number of nitrogens with one attached hydrogen (secondary N) is 1. The van der Waals surface area contributed by atoms with Crippen LogP contribution in [0.2, 0.25) is 0 Å². The van der Waals surface area contributed by atoms with E-state index in [4.69, 9.17) is 14.2 Å². The van der Waals surface area contributed by atoms with Crippen LogP contribution in [0.25, 0.3) is 0 Å². The number of esters is 3. The van der Waals surface area contributed by atoms with Gasteiger partial charge in [-0.25, -0.2) is 14.4 Å². The SMILES string of the molecule is COC(=O)[C@H](CSC(=O)OCOC(=O)C(C)(C)C)NC(=O)OCOC(=O)C(C)(C)C. The normalized spacial score (nSPS) is 12.2. The molecule has 0 spiro atoms. The van der Waals surface area contributed by atoms with Crippen molar-refractivity contribution in [1.82, 2.24) is 5.32 Å². The van der Waals surface area contributed by atoms with Gasteiger partial charge in [-0.3, -0.25) is 9.59 Å². The molecule has 1 amide bonds. The molecule has 0 aromatic rings. The second-order valence-electron chi connectivity index (χ2n) is 7.96. The molecule has 172 valence electrons. The number of alkyl carbamates (subject to hydrolysis) is 1. The van der Waals surface area contributed by atoms with Gasteiger partial charge in [0, 0.05) is 5.75 Å². The van der Waals surface area contributed by atoms with Gasteiger partial charge in [-0.2, -0.15) is 0 Å². The summed E-state index contributed by atoms with van der Waals surface area (Å²) in [5.41, 5.74) is -1.52. The Balaban J connectivity index is 4.44. The van der Waals surface area contributed by atoms with Gasteiger partial charge in [-0.1, -0.05) is 0 Å². The largest absolute Gasteiger partial charge is 0.467 e. The lowest BCUT2D eigenvalue weighted by Crippen LogP contribution is -2.44. The summed E-state index contributed by atoms with van der Waals surface area (Å²) in [5, 5.41) is 1.36. The summed E-state index contributed by atoms with van der Waals surface area (Å²) in [6, 6.07) is -1.24. The number of ether oxygens (including phenoxy) is 5. The molecule has 0 unspecified atom stereocenters. The number of carbonyl (C=O) groups excluding carboxylic acids is 5. The summed E-state index contributed by atoms with van der Waals surface area (Å²) in [6.07, 6.45) is -1.06. The van der Waals surface area contributed by atoms with Crippen LogP contribution in [-0.4, -0.2) is 61.8 Å². The highest BCUT2D eigenvalue weighted by Crippen LogP contribution is 2.16. The Morgan fingerprint density at radius 3 is 1.70 bits per heavy atom. The van der Waals surface area contributed by atoms with Crippen LogP contribution in [0.3, 0.4) is 0 Å². The second-order valence-corrected chi connectivity index (χ2v) is 8.91. The summed E-state index contributed by atoms with van der Waals surface area (Å²) in [7, 11) is 1.10. The average molecular weight is 451 g/mol. The molecule has 30 heavy (non-hydrogen) atoms. The summed E-state index contributed by atoms with van der Waals surface area (Å²) in [4.78, 5) is 58.4. The molecule has 0 heterocycles. The van der Waals surface area contributed by atoms with Crippen LogP contribution in [-0.2, 0) is 38.1 Å². The summed E-state index contributed by atoms with van der Waals surface area (Å²) in [5.74, 6) is -2.21. The minimum atomic E-state index is -1.24. The Hall–Kier alpha value is -2.50. The molecule has 0 aliphatic rings. The van der Waals surface area contributed by atoms with Crippen LogP contribution in [0, 0.1) is 10.8 Å². The van der Waals surface area contributed by atoms with Crippen LogP contribution < -0.4 is 5.32 Å². The van der Waals surface area contributed by atoms with Gasteiger partial charge in [0.2, 0.25) is 13.6 Å². The van der Waals surface area contributed by atoms with Gasteiger partial charge in [0.15, 0.2) is 0 Å². The van der Waals surface area contributed by atoms with Gasteiger partial charge in [0.05, 0.1) is 17.9 Å². The van der Waals surface area contributed by atoms with Gasteiger partial charge in [-0.05, 0) is 53.3 Å². The highest BCUT2D eigenvalue weighted by atomic mass is 32.2. The van der Waals surface area contributed by atoms with Crippen LogP contribution in [0.5, 0.6) is 0 Å². The zero-order valence-corrected chi connectivity index (χ0v) is 19.0. The van der Waals surface area contributed by atoms with Gasteiger partial charge in [0.1, 0.15) is 6.04 Å². The summed E-state index contributed by atoms with van der Waals surface area (Å²) < 4.78 is 23.5. The average Bonchev–Trinajstić information content (AvgIpc) is 2.62. The number of rotatable bonds is 8. The lowest BCUT2D eigenvalue weighted by atomic mass is 9.97. The molecule has 0 aromatic heterocycles. The fraction of sp³-hybridized carbons (Fsp3) is 0.722. The molecule has 0 fully saturated rings. The smallest absolute Gasteiger partial charge is 0.410 e.